The molecule has 7 heteroatoms. The summed E-state index contributed by atoms with van der Waals surface area (Å²) in [6, 6.07) is 9.98. The van der Waals surface area contributed by atoms with Crippen molar-refractivity contribution in [3.63, 3.8) is 0 Å². The molecule has 0 heterocycles. The molecule has 0 spiro atoms. The van der Waals surface area contributed by atoms with Crippen LogP contribution in [-0.2, 0) is 29.3 Å². The third-order valence-corrected chi connectivity index (χ3v) is 7.96. The lowest BCUT2D eigenvalue weighted by Crippen LogP contribution is -2.32. The summed E-state index contributed by atoms with van der Waals surface area (Å²) >= 11 is 0. The van der Waals surface area contributed by atoms with Crippen LogP contribution in [0.4, 0.5) is 8.78 Å². The molecule has 1 saturated carbocycles. The van der Waals surface area contributed by atoms with E-state index >= 15 is 0 Å². The Hall–Kier alpha value is -1.83. The zero-order chi connectivity index (χ0) is 21.5. The smallest absolute Gasteiger partial charge is 0.212 e. The van der Waals surface area contributed by atoms with E-state index in [2.05, 4.69) is 5.32 Å². The molecule has 2 aliphatic carbocycles. The summed E-state index contributed by atoms with van der Waals surface area (Å²) in [7, 11) is -1.85. The standard InChI is InChI=1S/C23H28F2N2O2S/c1-27-13-18-9-16-11-22(25)17(12-23(15-5-6-15)30(26,28)29)10-21(16)20(18)8-14-3-2-4-19(24)7-14/h2-4,7,10-11,15,18,20,23,27H,5-6,8-9,12-13H2,1H3,(H2,26,28,29). The number of hydrogen-bond acceptors (Lipinski definition) is 3. The summed E-state index contributed by atoms with van der Waals surface area (Å²) in [5.74, 6) is -0.232. The molecule has 0 aliphatic heterocycles. The van der Waals surface area contributed by atoms with E-state index in [9.17, 15) is 17.2 Å². The van der Waals surface area contributed by atoms with Crippen LogP contribution in [0.3, 0.4) is 0 Å². The molecule has 3 N–H and O–H groups in total. The van der Waals surface area contributed by atoms with Gasteiger partial charge in [0.15, 0.2) is 0 Å². The largest absolute Gasteiger partial charge is 0.319 e. The van der Waals surface area contributed by atoms with Crippen LogP contribution < -0.4 is 10.5 Å². The molecular formula is C23H28F2N2O2S. The highest BCUT2D eigenvalue weighted by Gasteiger charge is 2.39. The van der Waals surface area contributed by atoms with Gasteiger partial charge < -0.3 is 5.32 Å². The average Bonchev–Trinajstić information content (AvgIpc) is 3.44. The molecular weight excluding hydrogens is 406 g/mol. The van der Waals surface area contributed by atoms with Gasteiger partial charge in [0.05, 0.1) is 5.25 Å². The van der Waals surface area contributed by atoms with Crippen molar-refractivity contribution in [2.75, 3.05) is 13.6 Å². The van der Waals surface area contributed by atoms with Gasteiger partial charge in [-0.15, -0.1) is 0 Å². The minimum absolute atomic E-state index is 0.0211. The van der Waals surface area contributed by atoms with Crippen molar-refractivity contribution in [2.24, 2.45) is 17.0 Å². The highest BCUT2D eigenvalue weighted by Crippen LogP contribution is 2.42. The second-order valence-corrected chi connectivity index (χ2v) is 10.6. The Bertz CT molecular complexity index is 1040. The second kappa shape index (κ2) is 8.36. The van der Waals surface area contributed by atoms with E-state index in [1.54, 1.807) is 18.2 Å². The van der Waals surface area contributed by atoms with Crippen LogP contribution in [-0.4, -0.2) is 27.3 Å². The van der Waals surface area contributed by atoms with E-state index in [1.807, 2.05) is 19.2 Å². The van der Waals surface area contributed by atoms with Gasteiger partial charge in [-0.2, -0.15) is 0 Å². The molecule has 4 rings (SSSR count). The van der Waals surface area contributed by atoms with Gasteiger partial charge in [0, 0.05) is 0 Å². The van der Waals surface area contributed by atoms with Crippen LogP contribution in [0.2, 0.25) is 0 Å². The maximum absolute atomic E-state index is 14.9. The van der Waals surface area contributed by atoms with Crippen molar-refractivity contribution in [3.8, 4) is 0 Å². The van der Waals surface area contributed by atoms with Crippen LogP contribution in [0.25, 0.3) is 0 Å². The lowest BCUT2D eigenvalue weighted by molar-refractivity contribution is 0.435. The number of fused-ring (bicyclic) bond motifs is 1. The Balaban J connectivity index is 1.67. The highest BCUT2D eigenvalue weighted by molar-refractivity contribution is 7.89. The molecule has 1 fully saturated rings. The summed E-state index contributed by atoms with van der Waals surface area (Å²) in [4.78, 5) is 0. The fraction of sp³-hybridized carbons (Fsp3) is 0.478. The fourth-order valence-electron chi connectivity index (χ4n) is 4.94. The third-order valence-electron chi connectivity index (χ3n) is 6.56. The predicted octanol–water partition coefficient (Wildman–Crippen LogP) is 3.29. The van der Waals surface area contributed by atoms with Gasteiger partial charge in [-0.1, -0.05) is 18.2 Å². The quantitative estimate of drug-likeness (QED) is 0.670. The van der Waals surface area contributed by atoms with Gasteiger partial charge in [0.2, 0.25) is 10.0 Å². The molecule has 162 valence electrons. The van der Waals surface area contributed by atoms with Gasteiger partial charge in [0.25, 0.3) is 0 Å². The molecule has 0 radical (unpaired) electrons. The zero-order valence-corrected chi connectivity index (χ0v) is 17.9. The van der Waals surface area contributed by atoms with Gasteiger partial charge in [0.1, 0.15) is 11.6 Å². The molecule has 0 saturated heterocycles. The molecule has 0 aromatic heterocycles. The number of nitrogens with one attached hydrogen (secondary N) is 1. The zero-order valence-electron chi connectivity index (χ0n) is 17.1. The molecule has 0 amide bonds. The maximum Gasteiger partial charge on any atom is 0.212 e. The number of hydrogen-bond donors (Lipinski definition) is 2. The van der Waals surface area contributed by atoms with Gasteiger partial charge >= 0.3 is 0 Å². The lowest BCUT2D eigenvalue weighted by Gasteiger charge is -2.21. The topological polar surface area (TPSA) is 72.2 Å². The third kappa shape index (κ3) is 4.58. The maximum atomic E-state index is 14.9. The Morgan fingerprint density at radius 1 is 1.20 bits per heavy atom. The number of sulfonamides is 1. The Morgan fingerprint density at radius 3 is 2.60 bits per heavy atom. The highest BCUT2D eigenvalue weighted by atomic mass is 32.2. The summed E-state index contributed by atoms with van der Waals surface area (Å²) in [6.45, 7) is 0.771. The van der Waals surface area contributed by atoms with Crippen LogP contribution in [0.15, 0.2) is 36.4 Å². The summed E-state index contributed by atoms with van der Waals surface area (Å²) in [5, 5.41) is 7.92. The molecule has 3 unspecified atom stereocenters. The normalized spacial score (nSPS) is 22.1. The SMILES string of the molecule is CNCC1Cc2cc(F)c(CC(C3CC3)S(N)(=O)=O)cc2C1Cc1cccc(F)c1. The van der Waals surface area contributed by atoms with Crippen molar-refractivity contribution in [3.05, 3.63) is 70.3 Å². The summed E-state index contributed by atoms with van der Waals surface area (Å²) in [6.07, 6.45) is 3.14. The number of nitrogens with two attached hydrogens (primary N) is 1. The first-order valence-corrected chi connectivity index (χ1v) is 12.1. The number of halogens is 2. The van der Waals surface area contributed by atoms with Crippen LogP contribution >= 0.6 is 0 Å². The summed E-state index contributed by atoms with van der Waals surface area (Å²) < 4.78 is 52.7. The van der Waals surface area contributed by atoms with Crippen LogP contribution in [0.1, 0.15) is 41.0 Å². The predicted molar refractivity (Wildman–Crippen MR) is 114 cm³/mol. The van der Waals surface area contributed by atoms with E-state index < -0.39 is 15.3 Å². The second-order valence-electron chi connectivity index (χ2n) is 8.77. The Morgan fingerprint density at radius 2 is 1.97 bits per heavy atom. The van der Waals surface area contributed by atoms with E-state index in [4.69, 9.17) is 5.14 Å². The Kier molecular flexibility index (Phi) is 5.97. The lowest BCUT2D eigenvalue weighted by atomic mass is 9.86. The molecule has 3 atom stereocenters. The first-order valence-electron chi connectivity index (χ1n) is 10.5. The first kappa shape index (κ1) is 21.4. The Labute approximate surface area is 176 Å². The van der Waals surface area contributed by atoms with Crippen LogP contribution in [0, 0.1) is 23.5 Å². The summed E-state index contributed by atoms with van der Waals surface area (Å²) in [5.41, 5.74) is 3.31. The van der Waals surface area contributed by atoms with Crippen molar-refractivity contribution in [1.82, 2.24) is 5.32 Å². The fourth-order valence-corrected chi connectivity index (χ4v) is 6.16. The van der Waals surface area contributed by atoms with E-state index in [-0.39, 0.29) is 35.8 Å². The van der Waals surface area contributed by atoms with Crippen molar-refractivity contribution >= 4 is 10.0 Å². The first-order chi connectivity index (χ1) is 14.3. The van der Waals surface area contributed by atoms with E-state index in [0.717, 1.165) is 42.5 Å². The molecule has 2 aliphatic rings. The van der Waals surface area contributed by atoms with Gasteiger partial charge in [-0.25, -0.2) is 22.3 Å². The number of primary sulfonamides is 1. The molecule has 2 aromatic carbocycles. The molecule has 0 bridgehead atoms. The minimum atomic E-state index is -3.74. The van der Waals surface area contributed by atoms with Crippen LogP contribution in [0.5, 0.6) is 0 Å². The van der Waals surface area contributed by atoms with Gasteiger partial charge in [-0.3, -0.25) is 0 Å². The average molecular weight is 435 g/mol. The molecule has 4 nitrogen and oxygen atoms in total. The molecule has 30 heavy (non-hydrogen) atoms. The minimum Gasteiger partial charge on any atom is -0.319 e. The van der Waals surface area contributed by atoms with Gasteiger partial charge in [-0.05, 0) is 104 Å². The van der Waals surface area contributed by atoms with Crippen molar-refractivity contribution in [2.45, 2.75) is 43.3 Å². The van der Waals surface area contributed by atoms with Crippen molar-refractivity contribution in [1.29, 1.82) is 0 Å². The van der Waals surface area contributed by atoms with Crippen molar-refractivity contribution < 1.29 is 17.2 Å². The number of rotatable bonds is 8. The number of benzene rings is 2. The van der Waals surface area contributed by atoms with E-state index in [1.165, 1.54) is 6.07 Å². The molecule has 2 aromatic rings. The monoisotopic (exact) mass is 434 g/mol. The van der Waals surface area contributed by atoms with E-state index in [0.29, 0.717) is 12.0 Å².